The topological polar surface area (TPSA) is 79.1 Å². The minimum absolute atomic E-state index is 0.0581. The van der Waals surface area contributed by atoms with E-state index in [1.807, 2.05) is 22.6 Å². The van der Waals surface area contributed by atoms with Crippen molar-refractivity contribution in [1.82, 2.24) is 19.5 Å². The molecule has 9 heteroatoms. The van der Waals surface area contributed by atoms with Gasteiger partial charge in [-0.1, -0.05) is 11.6 Å². The first-order valence-corrected chi connectivity index (χ1v) is 9.17. The average molecular weight is 391 g/mol. The minimum atomic E-state index is -0.411. The highest BCUT2D eigenvalue weighted by atomic mass is 35.5. The predicted molar refractivity (Wildman–Crippen MR) is 104 cm³/mol. The zero-order valence-corrected chi connectivity index (χ0v) is 15.8. The number of fused-ring (bicyclic) bond motifs is 3. The molecule has 0 saturated carbocycles. The summed E-state index contributed by atoms with van der Waals surface area (Å²) < 4.78 is 16.8. The molecule has 7 nitrogen and oxygen atoms in total. The first-order valence-electron chi connectivity index (χ1n) is 8.79. The highest BCUT2D eigenvalue weighted by Gasteiger charge is 2.22. The number of nitrogens with one attached hydrogen (secondary N) is 1. The number of aliphatic hydroxyl groups is 1. The molecule has 142 valence electrons. The summed E-state index contributed by atoms with van der Waals surface area (Å²) in [5.41, 5.74) is 2.06. The molecule has 1 aliphatic heterocycles. The van der Waals surface area contributed by atoms with Gasteiger partial charge in [-0.2, -0.15) is 0 Å². The number of aryl methyl sites for hydroxylation is 1. The Bertz CT molecular complexity index is 1010. The van der Waals surface area contributed by atoms with Crippen LogP contribution in [0.2, 0.25) is 5.02 Å². The number of nitrogens with zero attached hydrogens (tertiary/aromatic N) is 5. The summed E-state index contributed by atoms with van der Waals surface area (Å²) in [4.78, 5) is 15.0. The summed E-state index contributed by atoms with van der Waals surface area (Å²) in [5, 5.41) is 12.5. The number of hydrogen-bond acceptors (Lipinski definition) is 6. The van der Waals surface area contributed by atoms with Crippen molar-refractivity contribution in [2.75, 3.05) is 30.4 Å². The van der Waals surface area contributed by atoms with E-state index in [2.05, 4.69) is 20.3 Å². The molecule has 3 aromatic rings. The maximum absolute atomic E-state index is 14.8. The van der Waals surface area contributed by atoms with Gasteiger partial charge in [0.15, 0.2) is 5.82 Å². The lowest BCUT2D eigenvalue weighted by atomic mass is 10.1. The van der Waals surface area contributed by atoms with E-state index < -0.39 is 5.82 Å². The molecular weight excluding hydrogens is 371 g/mol. The number of anilines is 2. The smallest absolute Gasteiger partial charge is 0.223 e. The molecule has 1 atom stereocenters. The fourth-order valence-corrected chi connectivity index (χ4v) is 3.49. The van der Waals surface area contributed by atoms with Gasteiger partial charge in [0.2, 0.25) is 11.9 Å². The van der Waals surface area contributed by atoms with Crippen LogP contribution >= 0.6 is 11.6 Å². The summed E-state index contributed by atoms with van der Waals surface area (Å²) in [6.07, 6.45) is 2.44. The van der Waals surface area contributed by atoms with Gasteiger partial charge in [-0.25, -0.2) is 19.3 Å². The Balaban J connectivity index is 1.84. The molecule has 2 aromatic heterocycles. The predicted octanol–water partition coefficient (Wildman–Crippen LogP) is 2.92. The molecule has 3 heterocycles. The lowest BCUT2D eigenvalue weighted by Gasteiger charge is -2.25. The summed E-state index contributed by atoms with van der Waals surface area (Å²) in [7, 11) is 1.96. The number of rotatable bonds is 4. The first-order chi connectivity index (χ1) is 13.0. The Morgan fingerprint density at radius 3 is 2.93 bits per heavy atom. The molecule has 0 bridgehead atoms. The molecule has 0 aliphatic carbocycles. The summed E-state index contributed by atoms with van der Waals surface area (Å²) in [6.45, 7) is 3.43. The normalized spacial score (nSPS) is 15.1. The molecule has 0 fully saturated rings. The standard InChI is InChI=1S/C18H20ClFN6O/c1-10(9-27)22-17-21-8-12(19)15(23-17)11-6-13(20)16-14(7-11)26-5-3-4-25(2)18(26)24-16/h6-8,10,27H,3-5,9H2,1-2H3,(H,21,22,23)/t10-/m0/s1. The molecule has 27 heavy (non-hydrogen) atoms. The molecule has 1 aliphatic rings. The zero-order chi connectivity index (χ0) is 19.1. The van der Waals surface area contributed by atoms with Crippen LogP contribution < -0.4 is 10.2 Å². The Hall–Kier alpha value is -2.45. The fraction of sp³-hybridized carbons (Fsp3) is 0.389. The van der Waals surface area contributed by atoms with Crippen molar-refractivity contribution in [3.05, 3.63) is 29.2 Å². The molecule has 1 aromatic carbocycles. The number of aliphatic hydroxyl groups excluding tert-OH is 1. The van der Waals surface area contributed by atoms with Crippen LogP contribution in [0, 0.1) is 5.82 Å². The Labute approximate surface area is 160 Å². The Morgan fingerprint density at radius 2 is 2.15 bits per heavy atom. The Morgan fingerprint density at radius 1 is 1.33 bits per heavy atom. The van der Waals surface area contributed by atoms with E-state index in [9.17, 15) is 9.50 Å². The molecule has 0 saturated heterocycles. The van der Waals surface area contributed by atoms with Crippen LogP contribution in [0.5, 0.6) is 0 Å². The fourth-order valence-electron chi connectivity index (χ4n) is 3.29. The summed E-state index contributed by atoms with van der Waals surface area (Å²) >= 11 is 6.29. The van der Waals surface area contributed by atoms with Crippen LogP contribution in [0.3, 0.4) is 0 Å². The maximum Gasteiger partial charge on any atom is 0.223 e. The van der Waals surface area contributed by atoms with Crippen molar-refractivity contribution in [1.29, 1.82) is 0 Å². The van der Waals surface area contributed by atoms with E-state index in [4.69, 9.17) is 11.6 Å². The Kier molecular flexibility index (Phi) is 4.61. The van der Waals surface area contributed by atoms with Crippen LogP contribution in [-0.4, -0.2) is 50.9 Å². The van der Waals surface area contributed by atoms with Gasteiger partial charge in [-0.05, 0) is 25.5 Å². The molecule has 0 spiro atoms. The summed E-state index contributed by atoms with van der Waals surface area (Å²) in [5.74, 6) is 0.678. The van der Waals surface area contributed by atoms with Crippen LogP contribution in [-0.2, 0) is 6.54 Å². The SMILES string of the molecule is C[C@@H](CO)Nc1ncc(Cl)c(-c2cc(F)c3nc4n(c3c2)CCCN4C)n1. The van der Waals surface area contributed by atoms with E-state index in [0.717, 1.165) is 31.0 Å². The second kappa shape index (κ2) is 6.94. The second-order valence-corrected chi connectivity index (χ2v) is 7.19. The van der Waals surface area contributed by atoms with Gasteiger partial charge in [-0.15, -0.1) is 0 Å². The number of aromatic nitrogens is 4. The lowest BCUT2D eigenvalue weighted by molar-refractivity contribution is 0.281. The van der Waals surface area contributed by atoms with E-state index in [0.29, 0.717) is 27.7 Å². The van der Waals surface area contributed by atoms with E-state index >= 15 is 0 Å². The van der Waals surface area contributed by atoms with Gasteiger partial charge >= 0.3 is 0 Å². The van der Waals surface area contributed by atoms with Gasteiger partial charge in [-0.3, -0.25) is 0 Å². The van der Waals surface area contributed by atoms with E-state index in [-0.39, 0.29) is 12.6 Å². The molecule has 0 unspecified atom stereocenters. The monoisotopic (exact) mass is 390 g/mol. The molecule has 2 N–H and O–H groups in total. The van der Waals surface area contributed by atoms with Gasteiger partial charge in [0.25, 0.3) is 0 Å². The van der Waals surface area contributed by atoms with Gasteiger partial charge in [0.05, 0.1) is 29.0 Å². The van der Waals surface area contributed by atoms with Crippen molar-refractivity contribution >= 4 is 34.5 Å². The highest BCUT2D eigenvalue weighted by molar-refractivity contribution is 6.33. The number of halogens is 2. The third-order valence-electron chi connectivity index (χ3n) is 4.67. The van der Waals surface area contributed by atoms with E-state index in [1.165, 1.54) is 12.3 Å². The quantitative estimate of drug-likeness (QED) is 0.713. The number of benzene rings is 1. The first kappa shape index (κ1) is 17.9. The lowest BCUT2D eigenvalue weighted by Crippen LogP contribution is -2.28. The van der Waals surface area contributed by atoms with Crippen LogP contribution in [0.15, 0.2) is 18.3 Å². The largest absolute Gasteiger partial charge is 0.394 e. The minimum Gasteiger partial charge on any atom is -0.394 e. The average Bonchev–Trinajstić information content (AvgIpc) is 3.04. The molecule has 0 radical (unpaired) electrons. The second-order valence-electron chi connectivity index (χ2n) is 6.78. The van der Waals surface area contributed by atoms with Crippen molar-refractivity contribution in [3.8, 4) is 11.3 Å². The van der Waals surface area contributed by atoms with Crippen molar-refractivity contribution in [3.63, 3.8) is 0 Å². The summed E-state index contributed by atoms with van der Waals surface area (Å²) in [6, 6.07) is 3.05. The van der Waals surface area contributed by atoms with Crippen LogP contribution in [0.4, 0.5) is 16.3 Å². The molecular formula is C18H20ClFN6O. The van der Waals surface area contributed by atoms with Gasteiger partial charge in [0.1, 0.15) is 5.52 Å². The third kappa shape index (κ3) is 3.19. The number of hydrogen-bond donors (Lipinski definition) is 2. The number of imidazole rings is 1. The molecule has 0 amide bonds. The van der Waals surface area contributed by atoms with Crippen molar-refractivity contribution in [2.24, 2.45) is 0 Å². The third-order valence-corrected chi connectivity index (χ3v) is 4.95. The van der Waals surface area contributed by atoms with E-state index in [1.54, 1.807) is 6.92 Å². The van der Waals surface area contributed by atoms with Crippen LogP contribution in [0.25, 0.3) is 22.3 Å². The maximum atomic E-state index is 14.8. The van der Waals surface area contributed by atoms with Gasteiger partial charge < -0.3 is 19.9 Å². The van der Waals surface area contributed by atoms with Crippen molar-refractivity contribution < 1.29 is 9.50 Å². The zero-order valence-electron chi connectivity index (χ0n) is 15.1. The molecule has 4 rings (SSSR count). The van der Waals surface area contributed by atoms with Gasteiger partial charge in [0, 0.05) is 31.7 Å². The van der Waals surface area contributed by atoms with Crippen molar-refractivity contribution in [2.45, 2.75) is 25.9 Å². The highest BCUT2D eigenvalue weighted by Crippen LogP contribution is 2.33. The van der Waals surface area contributed by atoms with Crippen LogP contribution in [0.1, 0.15) is 13.3 Å².